The zero-order chi connectivity index (χ0) is 35.5. The van der Waals surface area contributed by atoms with Gasteiger partial charge in [0.1, 0.15) is 17.8 Å². The standard InChI is InChI=1S/C36H46N6O6S/c1-21(24-6-8-25(9-7-24)31-22(2)38-20-49-31)39-33(45)29-17-27(43)19-42(29)34(46)32(36(3,4)5)40-30(44)16-23-12-14-41(15-13-23)26-10-11-28(35(47)48)37-18-26/h6-11,18,20-21,23,27,29,32,43H,12-17,19H2,1-5H3,(H,39,45)(H,40,44)(H,47,48)/t21-,27+,29-,32+/m0/s1. The number of aromatic carboxylic acids is 1. The molecule has 0 spiro atoms. The Morgan fingerprint density at radius 3 is 2.29 bits per heavy atom. The Morgan fingerprint density at radius 1 is 1.02 bits per heavy atom. The molecule has 5 rings (SSSR count). The summed E-state index contributed by atoms with van der Waals surface area (Å²) in [7, 11) is 0. The molecule has 49 heavy (non-hydrogen) atoms. The number of nitrogens with zero attached hydrogens (tertiary/aromatic N) is 4. The van der Waals surface area contributed by atoms with Crippen molar-refractivity contribution in [1.29, 1.82) is 0 Å². The summed E-state index contributed by atoms with van der Waals surface area (Å²) >= 11 is 1.58. The van der Waals surface area contributed by atoms with Crippen LogP contribution in [0.3, 0.4) is 0 Å². The van der Waals surface area contributed by atoms with Crippen LogP contribution in [0, 0.1) is 18.3 Å². The molecule has 0 radical (unpaired) electrons. The number of carboxylic acids is 1. The fraction of sp³-hybridized carbons (Fsp3) is 0.500. The predicted molar refractivity (Wildman–Crippen MR) is 187 cm³/mol. The third kappa shape index (κ3) is 8.63. The molecule has 262 valence electrons. The molecule has 4 N–H and O–H groups in total. The number of aliphatic hydroxyl groups excluding tert-OH is 1. The molecule has 0 aliphatic carbocycles. The van der Waals surface area contributed by atoms with Crippen LogP contribution in [0.25, 0.3) is 10.4 Å². The lowest BCUT2D eigenvalue weighted by Crippen LogP contribution is -2.58. The predicted octanol–water partition coefficient (Wildman–Crippen LogP) is 4.19. The molecule has 3 aromatic rings. The Balaban J connectivity index is 1.18. The molecule has 0 saturated carbocycles. The molecule has 4 heterocycles. The Labute approximate surface area is 290 Å². The molecule has 0 bridgehead atoms. The maximum absolute atomic E-state index is 14.0. The molecule has 13 heteroatoms. The van der Waals surface area contributed by atoms with Gasteiger partial charge >= 0.3 is 5.97 Å². The number of likely N-dealkylation sites (tertiary alicyclic amines) is 1. The van der Waals surface area contributed by atoms with E-state index in [4.69, 9.17) is 5.11 Å². The fourth-order valence-electron chi connectivity index (χ4n) is 6.59. The first-order valence-corrected chi connectivity index (χ1v) is 17.6. The van der Waals surface area contributed by atoms with Gasteiger partial charge in [0.15, 0.2) is 0 Å². The van der Waals surface area contributed by atoms with Gasteiger partial charge in [-0.3, -0.25) is 14.4 Å². The van der Waals surface area contributed by atoms with Gasteiger partial charge in [0.05, 0.1) is 40.1 Å². The van der Waals surface area contributed by atoms with E-state index in [-0.39, 0.29) is 54.8 Å². The summed E-state index contributed by atoms with van der Waals surface area (Å²) in [5.41, 5.74) is 4.94. The molecular formula is C36H46N6O6S. The molecule has 2 aliphatic heterocycles. The lowest BCUT2D eigenvalue weighted by atomic mass is 9.85. The normalized spacial score (nSPS) is 19.7. The number of carboxylic acid groups (broad SMARTS) is 1. The largest absolute Gasteiger partial charge is 0.477 e. The summed E-state index contributed by atoms with van der Waals surface area (Å²) in [6, 6.07) is 9.10. The number of pyridine rings is 1. The summed E-state index contributed by atoms with van der Waals surface area (Å²) in [5.74, 6) is -1.92. The van der Waals surface area contributed by atoms with E-state index in [9.17, 15) is 24.3 Å². The maximum Gasteiger partial charge on any atom is 0.354 e. The molecule has 2 fully saturated rings. The van der Waals surface area contributed by atoms with Gasteiger partial charge in [-0.1, -0.05) is 45.0 Å². The van der Waals surface area contributed by atoms with Crippen LogP contribution in [-0.2, 0) is 14.4 Å². The number of carbonyl (C=O) groups is 4. The number of aryl methyl sites for hydroxylation is 1. The van der Waals surface area contributed by atoms with Gasteiger partial charge in [-0.05, 0) is 61.3 Å². The van der Waals surface area contributed by atoms with Crippen LogP contribution in [-0.4, -0.2) is 86.6 Å². The Morgan fingerprint density at radius 2 is 1.71 bits per heavy atom. The number of hydrogen-bond donors (Lipinski definition) is 4. The number of aromatic nitrogens is 2. The number of piperidine rings is 1. The van der Waals surface area contributed by atoms with E-state index < -0.39 is 29.6 Å². The number of hydrogen-bond acceptors (Lipinski definition) is 9. The first kappa shape index (κ1) is 35.9. The number of rotatable bonds is 10. The number of carbonyl (C=O) groups excluding carboxylic acids is 3. The first-order valence-electron chi connectivity index (χ1n) is 16.7. The average Bonchev–Trinajstić information content (AvgIpc) is 3.68. The zero-order valence-corrected chi connectivity index (χ0v) is 29.5. The van der Waals surface area contributed by atoms with Gasteiger partial charge in [-0.2, -0.15) is 0 Å². The highest BCUT2D eigenvalue weighted by Gasteiger charge is 2.44. The summed E-state index contributed by atoms with van der Waals surface area (Å²) in [6.07, 6.45) is 2.60. The van der Waals surface area contributed by atoms with Crippen molar-refractivity contribution in [3.63, 3.8) is 0 Å². The minimum absolute atomic E-state index is 0.00707. The van der Waals surface area contributed by atoms with Crippen molar-refractivity contribution in [2.24, 2.45) is 11.3 Å². The van der Waals surface area contributed by atoms with Gasteiger partial charge in [-0.25, -0.2) is 14.8 Å². The van der Waals surface area contributed by atoms with Crippen molar-refractivity contribution >= 4 is 40.7 Å². The SMILES string of the molecule is Cc1ncsc1-c1ccc([C@H](C)NC(=O)[C@@H]2C[C@@H](O)CN2C(=O)[C@@H](NC(=O)CC2CCN(c3ccc(C(=O)O)nc3)CC2)C(C)(C)C)cc1. The molecule has 2 aromatic heterocycles. The van der Waals surface area contributed by atoms with Crippen LogP contribution in [0.1, 0.15) is 81.2 Å². The Kier molecular flexibility index (Phi) is 11.0. The first-order chi connectivity index (χ1) is 23.2. The summed E-state index contributed by atoms with van der Waals surface area (Å²) in [5, 5.41) is 25.7. The van der Waals surface area contributed by atoms with Crippen molar-refractivity contribution in [1.82, 2.24) is 25.5 Å². The van der Waals surface area contributed by atoms with Crippen LogP contribution in [0.5, 0.6) is 0 Å². The molecular weight excluding hydrogens is 644 g/mol. The van der Waals surface area contributed by atoms with Gasteiger partial charge in [-0.15, -0.1) is 11.3 Å². The van der Waals surface area contributed by atoms with Crippen LogP contribution in [0.15, 0.2) is 48.1 Å². The molecule has 3 amide bonds. The number of amides is 3. The second-order valence-electron chi connectivity index (χ2n) is 14.2. The van der Waals surface area contributed by atoms with Crippen LogP contribution >= 0.6 is 11.3 Å². The number of thiazole rings is 1. The molecule has 2 aliphatic rings. The van der Waals surface area contributed by atoms with Crippen LogP contribution in [0.4, 0.5) is 5.69 Å². The minimum atomic E-state index is -1.07. The average molecular weight is 691 g/mol. The topological polar surface area (TPSA) is 165 Å². The Hall–Kier alpha value is -4.36. The van der Waals surface area contributed by atoms with Gasteiger partial charge in [0.25, 0.3) is 0 Å². The van der Waals surface area contributed by atoms with Crippen molar-refractivity contribution in [3.05, 3.63) is 65.1 Å². The quantitative estimate of drug-likeness (QED) is 0.244. The minimum Gasteiger partial charge on any atom is -0.477 e. The molecule has 2 saturated heterocycles. The molecule has 4 atom stereocenters. The number of β-amino-alcohol motifs (C(OH)–C–C–N with tert-alkyl or cyclic N) is 1. The monoisotopic (exact) mass is 690 g/mol. The highest BCUT2D eigenvalue weighted by Crippen LogP contribution is 2.30. The highest BCUT2D eigenvalue weighted by molar-refractivity contribution is 7.13. The molecule has 0 unspecified atom stereocenters. The zero-order valence-electron chi connectivity index (χ0n) is 28.7. The summed E-state index contributed by atoms with van der Waals surface area (Å²) < 4.78 is 0. The van der Waals surface area contributed by atoms with Crippen LogP contribution < -0.4 is 15.5 Å². The summed E-state index contributed by atoms with van der Waals surface area (Å²) in [4.78, 5) is 65.0. The van der Waals surface area contributed by atoms with E-state index >= 15 is 0 Å². The van der Waals surface area contributed by atoms with Crippen molar-refractivity contribution in [3.8, 4) is 10.4 Å². The van der Waals surface area contributed by atoms with Crippen molar-refractivity contribution < 1.29 is 29.4 Å². The van der Waals surface area contributed by atoms with E-state index in [1.54, 1.807) is 23.6 Å². The van der Waals surface area contributed by atoms with Crippen molar-refractivity contribution in [2.75, 3.05) is 24.5 Å². The lowest BCUT2D eigenvalue weighted by Gasteiger charge is -2.36. The van der Waals surface area contributed by atoms with Gasteiger partial charge in [0, 0.05) is 32.5 Å². The number of benzene rings is 1. The van der Waals surface area contributed by atoms with E-state index in [1.165, 1.54) is 11.0 Å². The third-order valence-electron chi connectivity index (χ3n) is 9.48. The second-order valence-corrected chi connectivity index (χ2v) is 15.1. The lowest BCUT2D eigenvalue weighted by molar-refractivity contribution is -0.144. The Bertz CT molecular complexity index is 1650. The number of anilines is 1. The fourth-order valence-corrected chi connectivity index (χ4v) is 7.40. The summed E-state index contributed by atoms with van der Waals surface area (Å²) in [6.45, 7) is 10.9. The smallest absolute Gasteiger partial charge is 0.354 e. The van der Waals surface area contributed by atoms with E-state index in [0.29, 0.717) is 13.1 Å². The molecule has 1 aromatic carbocycles. The second kappa shape index (κ2) is 15.0. The maximum atomic E-state index is 14.0. The third-order valence-corrected chi connectivity index (χ3v) is 10.5. The highest BCUT2D eigenvalue weighted by atomic mass is 32.1. The van der Waals surface area contributed by atoms with Gasteiger partial charge in [0.2, 0.25) is 17.7 Å². The van der Waals surface area contributed by atoms with Crippen molar-refractivity contribution in [2.45, 2.75) is 84.5 Å². The molecule has 12 nitrogen and oxygen atoms in total. The van der Waals surface area contributed by atoms with Crippen LogP contribution in [0.2, 0.25) is 0 Å². The van der Waals surface area contributed by atoms with E-state index in [0.717, 1.165) is 40.2 Å². The van der Waals surface area contributed by atoms with E-state index in [2.05, 4.69) is 25.5 Å². The number of nitrogens with one attached hydrogen (secondary N) is 2. The number of aliphatic hydroxyl groups is 1. The van der Waals surface area contributed by atoms with Gasteiger partial charge < -0.3 is 30.6 Å². The van der Waals surface area contributed by atoms with E-state index in [1.807, 2.05) is 64.4 Å².